The van der Waals surface area contributed by atoms with Crippen molar-refractivity contribution in [2.75, 3.05) is 0 Å². The van der Waals surface area contributed by atoms with Crippen LogP contribution < -0.4 is 0 Å². The Morgan fingerprint density at radius 2 is 2.00 bits per heavy atom. The van der Waals surface area contributed by atoms with Crippen LogP contribution in [0.2, 0.25) is 0 Å². The summed E-state index contributed by atoms with van der Waals surface area (Å²) in [4.78, 5) is 0. The Labute approximate surface area is 71.8 Å². The molecule has 0 heteroatoms. The maximum atomic E-state index is 5.35. The summed E-state index contributed by atoms with van der Waals surface area (Å²) in [6.45, 7) is 0. The van der Waals surface area contributed by atoms with E-state index in [0.29, 0.717) is 0 Å². The van der Waals surface area contributed by atoms with Gasteiger partial charge >= 0.3 is 0 Å². The third-order valence-corrected chi connectivity index (χ3v) is 1.85. The van der Waals surface area contributed by atoms with Gasteiger partial charge in [-0.3, -0.25) is 0 Å². The quantitative estimate of drug-likeness (QED) is 0.508. The summed E-state index contributed by atoms with van der Waals surface area (Å²) >= 11 is 0. The third-order valence-electron chi connectivity index (χ3n) is 1.85. The minimum Gasteiger partial charge on any atom is -0.115 e. The topological polar surface area (TPSA) is 0 Å². The van der Waals surface area contributed by atoms with Crippen LogP contribution in [-0.2, 0) is 0 Å². The van der Waals surface area contributed by atoms with Gasteiger partial charge in [0.1, 0.15) is 0 Å². The largest absolute Gasteiger partial charge is 0.115 e. The van der Waals surface area contributed by atoms with Gasteiger partial charge in [0.25, 0.3) is 0 Å². The molecule has 0 amide bonds. The summed E-state index contributed by atoms with van der Waals surface area (Å²) in [5.74, 6) is 2.64. The molecule has 55 valence electrons. The van der Waals surface area contributed by atoms with Gasteiger partial charge in [-0.05, 0) is 17.5 Å². The van der Waals surface area contributed by atoms with Gasteiger partial charge in [-0.25, -0.2) is 0 Å². The van der Waals surface area contributed by atoms with Crippen LogP contribution in [0.4, 0.5) is 0 Å². The van der Waals surface area contributed by atoms with E-state index in [4.69, 9.17) is 6.42 Å². The van der Waals surface area contributed by atoms with Gasteiger partial charge in [-0.1, -0.05) is 36.3 Å². The molecule has 0 atom stereocenters. The van der Waals surface area contributed by atoms with E-state index in [2.05, 4.69) is 12.0 Å². The third kappa shape index (κ3) is 0.963. The first-order valence-electron chi connectivity index (χ1n) is 3.78. The molecule has 1 radical (unpaired) electrons. The molecule has 0 N–H and O–H groups in total. The number of hydrogen-bond donors (Lipinski definition) is 0. The Kier molecular flexibility index (Phi) is 1.57. The molecule has 0 saturated carbocycles. The van der Waals surface area contributed by atoms with Crippen LogP contribution in [0, 0.1) is 18.4 Å². The van der Waals surface area contributed by atoms with Crippen LogP contribution in [0.25, 0.3) is 10.8 Å². The van der Waals surface area contributed by atoms with Crippen LogP contribution >= 0.6 is 0 Å². The molecule has 0 aliphatic rings. The summed E-state index contributed by atoms with van der Waals surface area (Å²) in [7, 11) is 0. The Morgan fingerprint density at radius 1 is 1.17 bits per heavy atom. The molecule has 0 aliphatic carbocycles. The van der Waals surface area contributed by atoms with Gasteiger partial charge in [-0.15, -0.1) is 6.42 Å². The highest BCUT2D eigenvalue weighted by atomic mass is 14.0. The fourth-order valence-electron chi connectivity index (χ4n) is 1.27. The normalized spacial score (nSPS) is 9.58. The molecule has 0 aliphatic heterocycles. The van der Waals surface area contributed by atoms with Crippen LogP contribution in [-0.4, -0.2) is 0 Å². The van der Waals surface area contributed by atoms with E-state index >= 15 is 0 Å². The van der Waals surface area contributed by atoms with Crippen molar-refractivity contribution in [2.24, 2.45) is 0 Å². The van der Waals surface area contributed by atoms with Gasteiger partial charge in [0, 0.05) is 10.9 Å². The number of fused-ring (bicyclic) bond motifs is 1. The summed E-state index contributed by atoms with van der Waals surface area (Å²) in [6.07, 6.45) is 5.35. The zero-order valence-electron chi connectivity index (χ0n) is 6.54. The lowest BCUT2D eigenvalue weighted by Crippen LogP contribution is -1.77. The lowest BCUT2D eigenvalue weighted by atomic mass is 10.1. The summed E-state index contributed by atoms with van der Waals surface area (Å²) in [5.41, 5.74) is 0.910. The van der Waals surface area contributed by atoms with Crippen molar-refractivity contribution in [2.45, 2.75) is 0 Å². The van der Waals surface area contributed by atoms with Crippen molar-refractivity contribution in [3.63, 3.8) is 0 Å². The first-order valence-corrected chi connectivity index (χ1v) is 3.78. The molecule has 0 heterocycles. The second kappa shape index (κ2) is 2.71. The standard InChI is InChI=1S/C12H7/c1-2-10-7-5-8-11-6-3-4-9-12(10)11/h1,3-8H. The number of hydrogen-bond acceptors (Lipinski definition) is 0. The highest BCUT2D eigenvalue weighted by molar-refractivity contribution is 5.87. The van der Waals surface area contributed by atoms with Crippen LogP contribution in [0.15, 0.2) is 36.4 Å². The van der Waals surface area contributed by atoms with Crippen LogP contribution in [0.5, 0.6) is 0 Å². The monoisotopic (exact) mass is 151 g/mol. The molecule has 0 spiro atoms. The van der Waals surface area contributed by atoms with Crippen LogP contribution in [0.3, 0.4) is 0 Å². The highest BCUT2D eigenvalue weighted by Gasteiger charge is 1.95. The van der Waals surface area contributed by atoms with Crippen molar-refractivity contribution in [1.82, 2.24) is 0 Å². The SMILES string of the molecule is C#Cc1cccc2ccc[c]c12. The Morgan fingerprint density at radius 3 is 2.83 bits per heavy atom. The fourth-order valence-corrected chi connectivity index (χ4v) is 1.27. The Bertz CT molecular complexity index is 442. The zero-order valence-corrected chi connectivity index (χ0v) is 6.54. The van der Waals surface area contributed by atoms with Crippen LogP contribution in [0.1, 0.15) is 5.56 Å². The minimum atomic E-state index is 0.910. The molecule has 0 aromatic heterocycles. The second-order valence-electron chi connectivity index (χ2n) is 2.58. The summed E-state index contributed by atoms with van der Waals surface area (Å²) in [5, 5.41) is 2.18. The lowest BCUT2D eigenvalue weighted by Gasteiger charge is -1.97. The Hall–Kier alpha value is -1.74. The van der Waals surface area contributed by atoms with Crippen molar-refractivity contribution in [3.8, 4) is 12.3 Å². The second-order valence-corrected chi connectivity index (χ2v) is 2.58. The maximum Gasteiger partial charge on any atom is 0.0327 e. The van der Waals surface area contributed by atoms with Gasteiger partial charge in [0.05, 0.1) is 0 Å². The molecule has 0 nitrogen and oxygen atoms in total. The molecule has 0 saturated heterocycles. The zero-order chi connectivity index (χ0) is 8.39. The van der Waals surface area contributed by atoms with E-state index in [1.54, 1.807) is 0 Å². The average molecular weight is 151 g/mol. The van der Waals surface area contributed by atoms with Gasteiger partial charge < -0.3 is 0 Å². The van der Waals surface area contributed by atoms with Crippen molar-refractivity contribution in [1.29, 1.82) is 0 Å². The van der Waals surface area contributed by atoms with Gasteiger partial charge in [0.2, 0.25) is 0 Å². The molecule has 0 fully saturated rings. The average Bonchev–Trinajstić information content (AvgIpc) is 2.17. The molecule has 2 aromatic rings. The molecule has 0 unspecified atom stereocenters. The number of rotatable bonds is 0. The summed E-state index contributed by atoms with van der Waals surface area (Å²) < 4.78 is 0. The molecule has 2 aromatic carbocycles. The van der Waals surface area contributed by atoms with Crippen molar-refractivity contribution < 1.29 is 0 Å². The molecular formula is C12H7. The van der Waals surface area contributed by atoms with E-state index in [-0.39, 0.29) is 0 Å². The maximum absolute atomic E-state index is 5.35. The Balaban J connectivity index is 2.91. The van der Waals surface area contributed by atoms with Gasteiger partial charge in [-0.2, -0.15) is 0 Å². The molecule has 12 heavy (non-hydrogen) atoms. The minimum absolute atomic E-state index is 0.910. The molecule has 2 rings (SSSR count). The fraction of sp³-hybridized carbons (Fsp3) is 0. The van der Waals surface area contributed by atoms with E-state index in [0.717, 1.165) is 16.3 Å². The van der Waals surface area contributed by atoms with E-state index in [9.17, 15) is 0 Å². The van der Waals surface area contributed by atoms with Gasteiger partial charge in [0.15, 0.2) is 0 Å². The number of benzene rings is 2. The van der Waals surface area contributed by atoms with E-state index in [1.807, 2.05) is 36.4 Å². The molecule has 0 bridgehead atoms. The smallest absolute Gasteiger partial charge is 0.0327 e. The number of terminal acetylenes is 1. The summed E-state index contributed by atoms with van der Waals surface area (Å²) in [6, 6.07) is 14.9. The highest BCUT2D eigenvalue weighted by Crippen LogP contribution is 2.16. The van der Waals surface area contributed by atoms with Crippen molar-refractivity contribution in [3.05, 3.63) is 48.0 Å². The molecular weight excluding hydrogens is 144 g/mol. The first-order chi connectivity index (χ1) is 5.92. The predicted molar refractivity (Wildman–Crippen MR) is 50.7 cm³/mol. The van der Waals surface area contributed by atoms with E-state index in [1.165, 1.54) is 0 Å². The predicted octanol–water partition coefficient (Wildman–Crippen LogP) is 2.62. The van der Waals surface area contributed by atoms with E-state index < -0.39 is 0 Å². The lowest BCUT2D eigenvalue weighted by molar-refractivity contribution is 1.70. The first kappa shape index (κ1) is 6.94. The van der Waals surface area contributed by atoms with Crippen molar-refractivity contribution >= 4 is 10.8 Å².